The number of unbranched alkanes of at least 4 members (excludes halogenated alkanes) is 8. The maximum absolute atomic E-state index is 6.31. The Morgan fingerprint density at radius 3 is 2.19 bits per heavy atom. The van der Waals surface area contributed by atoms with Crippen LogP contribution in [-0.4, -0.2) is 9.78 Å². The molecule has 0 bridgehead atoms. The van der Waals surface area contributed by atoms with E-state index < -0.39 is 0 Å². The summed E-state index contributed by atoms with van der Waals surface area (Å²) < 4.78 is 2.07. The maximum Gasteiger partial charge on any atom is 0.0551 e. The first-order chi connectivity index (χ1) is 10.3. The van der Waals surface area contributed by atoms with Crippen LogP contribution in [0.2, 0.25) is 0 Å². The Kier molecular flexibility index (Phi) is 10.2. The van der Waals surface area contributed by atoms with Crippen LogP contribution >= 0.6 is 0 Å². The molecule has 0 saturated carbocycles. The first-order valence-electron chi connectivity index (χ1n) is 9.06. The Balaban J connectivity index is 2.05. The van der Waals surface area contributed by atoms with Crippen LogP contribution in [0.25, 0.3) is 0 Å². The molecule has 3 heteroatoms. The average molecular weight is 293 g/mol. The lowest BCUT2D eigenvalue weighted by Crippen LogP contribution is -2.16. The molecule has 1 unspecified atom stereocenters. The van der Waals surface area contributed by atoms with Gasteiger partial charge in [0.1, 0.15) is 0 Å². The van der Waals surface area contributed by atoms with Gasteiger partial charge in [-0.1, -0.05) is 71.6 Å². The Bertz CT molecular complexity index is 346. The van der Waals surface area contributed by atoms with Crippen molar-refractivity contribution in [2.45, 2.75) is 97.1 Å². The molecule has 21 heavy (non-hydrogen) atoms. The van der Waals surface area contributed by atoms with E-state index in [9.17, 15) is 0 Å². The van der Waals surface area contributed by atoms with E-state index in [2.05, 4.69) is 29.7 Å². The van der Waals surface area contributed by atoms with Crippen molar-refractivity contribution >= 4 is 0 Å². The second-order valence-electron chi connectivity index (χ2n) is 6.20. The number of aryl methyl sites for hydroxylation is 1. The lowest BCUT2D eigenvalue weighted by Gasteiger charge is -2.13. The summed E-state index contributed by atoms with van der Waals surface area (Å²) in [6.45, 7) is 5.43. The molecule has 0 aliphatic carbocycles. The zero-order valence-electron chi connectivity index (χ0n) is 14.2. The van der Waals surface area contributed by atoms with E-state index in [4.69, 9.17) is 5.73 Å². The fourth-order valence-electron chi connectivity index (χ4n) is 2.88. The maximum atomic E-state index is 6.31. The summed E-state index contributed by atoms with van der Waals surface area (Å²) >= 11 is 0. The summed E-state index contributed by atoms with van der Waals surface area (Å²) in [7, 11) is 0. The van der Waals surface area contributed by atoms with Crippen LogP contribution in [0.3, 0.4) is 0 Å². The van der Waals surface area contributed by atoms with Gasteiger partial charge in [0.05, 0.1) is 5.69 Å². The molecule has 0 saturated heterocycles. The summed E-state index contributed by atoms with van der Waals surface area (Å²) in [4.78, 5) is 0. The number of hydrogen-bond acceptors (Lipinski definition) is 2. The van der Waals surface area contributed by atoms with Crippen molar-refractivity contribution in [3.8, 4) is 0 Å². The molecule has 2 N–H and O–H groups in total. The molecular formula is C18H35N3. The van der Waals surface area contributed by atoms with Gasteiger partial charge in [0.25, 0.3) is 0 Å². The highest BCUT2D eigenvalue weighted by atomic mass is 15.3. The fraction of sp³-hybridized carbons (Fsp3) is 0.833. The molecule has 0 amide bonds. The minimum absolute atomic E-state index is 0.156. The first kappa shape index (κ1) is 18.2. The molecule has 1 rings (SSSR count). The van der Waals surface area contributed by atoms with Crippen LogP contribution in [0.15, 0.2) is 12.3 Å². The van der Waals surface area contributed by atoms with Gasteiger partial charge >= 0.3 is 0 Å². The first-order valence-corrected chi connectivity index (χ1v) is 9.06. The quantitative estimate of drug-likeness (QED) is 0.507. The van der Waals surface area contributed by atoms with Crippen molar-refractivity contribution in [2.24, 2.45) is 5.73 Å². The van der Waals surface area contributed by atoms with Crippen molar-refractivity contribution in [3.05, 3.63) is 18.0 Å². The summed E-state index contributed by atoms with van der Waals surface area (Å²) in [6.07, 6.45) is 16.4. The van der Waals surface area contributed by atoms with E-state index in [1.807, 2.05) is 6.20 Å². The molecule has 1 aromatic rings. The van der Waals surface area contributed by atoms with Crippen molar-refractivity contribution in [1.82, 2.24) is 9.78 Å². The van der Waals surface area contributed by atoms with Gasteiger partial charge in [-0.15, -0.1) is 0 Å². The highest BCUT2D eigenvalue weighted by Gasteiger charge is 2.10. The molecule has 1 atom stereocenters. The molecule has 0 radical (unpaired) electrons. The second-order valence-corrected chi connectivity index (χ2v) is 6.20. The normalized spacial score (nSPS) is 12.7. The molecule has 122 valence electrons. The fourth-order valence-corrected chi connectivity index (χ4v) is 2.88. The standard InChI is InChI=1S/C18H35N3/c1-3-5-6-7-8-9-10-11-12-13-17(19)18-14-15-20-21(18)16-4-2/h14-15,17H,3-13,16,19H2,1-2H3. The van der Waals surface area contributed by atoms with Crippen LogP contribution in [0.5, 0.6) is 0 Å². The number of aromatic nitrogens is 2. The van der Waals surface area contributed by atoms with E-state index in [1.54, 1.807) is 0 Å². The predicted molar refractivity (Wildman–Crippen MR) is 91.3 cm³/mol. The third-order valence-electron chi connectivity index (χ3n) is 4.18. The molecule has 0 spiro atoms. The van der Waals surface area contributed by atoms with Crippen molar-refractivity contribution in [3.63, 3.8) is 0 Å². The topological polar surface area (TPSA) is 43.8 Å². The average Bonchev–Trinajstić information content (AvgIpc) is 2.94. The molecule has 0 aliphatic rings. The third-order valence-corrected chi connectivity index (χ3v) is 4.18. The summed E-state index contributed by atoms with van der Waals surface area (Å²) in [5.41, 5.74) is 7.51. The van der Waals surface area contributed by atoms with Crippen molar-refractivity contribution in [1.29, 1.82) is 0 Å². The smallest absolute Gasteiger partial charge is 0.0551 e. The van der Waals surface area contributed by atoms with E-state index >= 15 is 0 Å². The van der Waals surface area contributed by atoms with E-state index in [-0.39, 0.29) is 6.04 Å². The molecule has 1 aromatic heterocycles. The highest BCUT2D eigenvalue weighted by molar-refractivity contribution is 5.06. The van der Waals surface area contributed by atoms with Gasteiger partial charge in [0.2, 0.25) is 0 Å². The third kappa shape index (κ3) is 7.66. The van der Waals surface area contributed by atoms with E-state index in [1.165, 1.54) is 63.5 Å². The lowest BCUT2D eigenvalue weighted by molar-refractivity contribution is 0.494. The van der Waals surface area contributed by atoms with Gasteiger partial charge in [-0.25, -0.2) is 0 Å². The van der Waals surface area contributed by atoms with Gasteiger partial charge in [-0.05, 0) is 18.9 Å². The molecule has 1 heterocycles. The summed E-state index contributed by atoms with van der Waals surface area (Å²) in [5, 5.41) is 4.36. The lowest BCUT2D eigenvalue weighted by atomic mass is 10.0. The van der Waals surface area contributed by atoms with Crippen LogP contribution in [0.4, 0.5) is 0 Å². The minimum atomic E-state index is 0.156. The zero-order chi connectivity index (χ0) is 15.3. The molecule has 0 aromatic carbocycles. The number of hydrogen-bond donors (Lipinski definition) is 1. The number of rotatable bonds is 13. The largest absolute Gasteiger partial charge is 0.323 e. The number of nitrogens with two attached hydrogens (primary N) is 1. The SMILES string of the molecule is CCCCCCCCCCCC(N)c1ccnn1CCC. The van der Waals surface area contributed by atoms with E-state index in [0.717, 1.165) is 19.4 Å². The monoisotopic (exact) mass is 293 g/mol. The zero-order valence-corrected chi connectivity index (χ0v) is 14.2. The Hall–Kier alpha value is -0.830. The summed E-state index contributed by atoms with van der Waals surface area (Å²) in [6, 6.07) is 2.23. The predicted octanol–water partition coefficient (Wildman–Crippen LogP) is 5.21. The molecule has 3 nitrogen and oxygen atoms in total. The Labute approximate surface area is 131 Å². The van der Waals surface area contributed by atoms with Gasteiger partial charge in [0, 0.05) is 18.8 Å². The van der Waals surface area contributed by atoms with E-state index in [0.29, 0.717) is 0 Å². The molecular weight excluding hydrogens is 258 g/mol. The van der Waals surface area contributed by atoms with Gasteiger partial charge in [-0.2, -0.15) is 5.10 Å². The van der Waals surface area contributed by atoms with Gasteiger partial charge in [0.15, 0.2) is 0 Å². The molecule has 0 aliphatic heterocycles. The van der Waals surface area contributed by atoms with Crippen LogP contribution in [0.1, 0.15) is 96.2 Å². The Morgan fingerprint density at radius 1 is 0.952 bits per heavy atom. The highest BCUT2D eigenvalue weighted by Crippen LogP contribution is 2.18. The molecule has 0 fully saturated rings. The van der Waals surface area contributed by atoms with Crippen LogP contribution < -0.4 is 5.73 Å². The van der Waals surface area contributed by atoms with Crippen molar-refractivity contribution < 1.29 is 0 Å². The van der Waals surface area contributed by atoms with Crippen molar-refractivity contribution in [2.75, 3.05) is 0 Å². The summed E-state index contributed by atoms with van der Waals surface area (Å²) in [5.74, 6) is 0. The van der Waals surface area contributed by atoms with Gasteiger partial charge < -0.3 is 5.73 Å². The minimum Gasteiger partial charge on any atom is -0.323 e. The second kappa shape index (κ2) is 11.8. The Morgan fingerprint density at radius 2 is 1.57 bits per heavy atom. The van der Waals surface area contributed by atoms with Crippen LogP contribution in [-0.2, 0) is 6.54 Å². The number of nitrogens with zero attached hydrogens (tertiary/aromatic N) is 2. The van der Waals surface area contributed by atoms with Crippen LogP contribution in [0, 0.1) is 0 Å². The van der Waals surface area contributed by atoms with Gasteiger partial charge in [-0.3, -0.25) is 4.68 Å².